The number of amides is 1. The van der Waals surface area contributed by atoms with Crippen LogP contribution in [0.3, 0.4) is 0 Å². The third kappa shape index (κ3) is 2.11. The van der Waals surface area contributed by atoms with Crippen molar-refractivity contribution in [1.82, 2.24) is 19.7 Å². The molecule has 6 nitrogen and oxygen atoms in total. The number of hydrogen-bond donors (Lipinski definition) is 0. The summed E-state index contributed by atoms with van der Waals surface area (Å²) >= 11 is 0. The van der Waals surface area contributed by atoms with Crippen LogP contribution in [0.4, 0.5) is 0 Å². The summed E-state index contributed by atoms with van der Waals surface area (Å²) in [6.07, 6.45) is 4.07. The zero-order valence-electron chi connectivity index (χ0n) is 15.2. The van der Waals surface area contributed by atoms with Crippen molar-refractivity contribution in [3.63, 3.8) is 0 Å². The number of carbonyl (C=O) groups excluding carboxylic acids is 1. The Balaban J connectivity index is 1.55. The van der Waals surface area contributed by atoms with Crippen LogP contribution in [0.5, 0.6) is 0 Å². The van der Waals surface area contributed by atoms with Crippen molar-refractivity contribution >= 4 is 5.91 Å². The molecule has 0 saturated carbocycles. The summed E-state index contributed by atoms with van der Waals surface area (Å²) < 4.78 is 8.22. The molecule has 0 radical (unpaired) electrons. The zero-order chi connectivity index (χ0) is 18.1. The molecule has 134 valence electrons. The highest BCUT2D eigenvalue weighted by molar-refractivity contribution is 5.85. The first-order chi connectivity index (χ1) is 12.5. The zero-order valence-corrected chi connectivity index (χ0v) is 15.2. The molecule has 3 aliphatic heterocycles. The molecule has 1 aromatic heterocycles. The van der Waals surface area contributed by atoms with Crippen molar-refractivity contribution in [3.05, 3.63) is 59.2 Å². The van der Waals surface area contributed by atoms with Crippen LogP contribution in [0.2, 0.25) is 0 Å². The van der Waals surface area contributed by atoms with E-state index < -0.39 is 5.60 Å². The molecule has 2 bridgehead atoms. The molecule has 4 atom stereocenters. The van der Waals surface area contributed by atoms with Gasteiger partial charge in [0.1, 0.15) is 17.2 Å². The molecule has 0 aliphatic carbocycles. The van der Waals surface area contributed by atoms with E-state index in [2.05, 4.69) is 48.4 Å². The average molecular weight is 350 g/mol. The molecule has 0 unspecified atom stereocenters. The summed E-state index contributed by atoms with van der Waals surface area (Å²) in [4.78, 5) is 19.3. The van der Waals surface area contributed by atoms with E-state index in [0.29, 0.717) is 13.1 Å². The van der Waals surface area contributed by atoms with Crippen LogP contribution >= 0.6 is 0 Å². The number of hydrogen-bond acceptors (Lipinski definition) is 4. The van der Waals surface area contributed by atoms with Gasteiger partial charge in [0.15, 0.2) is 0 Å². The molecule has 4 heterocycles. The second-order valence-electron chi connectivity index (χ2n) is 7.76. The Labute approximate surface area is 152 Å². The van der Waals surface area contributed by atoms with E-state index in [1.165, 1.54) is 11.1 Å². The Hall–Kier alpha value is -2.47. The maximum atomic E-state index is 12.8. The van der Waals surface area contributed by atoms with Crippen molar-refractivity contribution in [2.45, 2.75) is 38.0 Å². The third-order valence-corrected chi connectivity index (χ3v) is 5.81. The topological polar surface area (TPSA) is 60.2 Å². The first-order valence-corrected chi connectivity index (χ1v) is 9.06. The normalized spacial score (nSPS) is 31.9. The van der Waals surface area contributed by atoms with E-state index in [9.17, 15) is 4.79 Å². The molecule has 5 rings (SSSR count). The summed E-state index contributed by atoms with van der Waals surface area (Å²) in [7, 11) is 1.85. The lowest BCUT2D eigenvalue weighted by molar-refractivity contribution is -0.130. The van der Waals surface area contributed by atoms with Crippen molar-refractivity contribution in [2.24, 2.45) is 5.92 Å². The standard InChI is InChI=1S/C20H22N4O2/c1-12-5-4-6-14(9-12)10-24-18(21-13(2)22-24)16-15-7-8-20(26-15)11-23(3)19(25)17(16)20/h4-9,15-17H,10-11H2,1-3H3/t15-,16-,17+,20-/m0/s1. The molecule has 2 fully saturated rings. The molecule has 26 heavy (non-hydrogen) atoms. The van der Waals surface area contributed by atoms with Crippen molar-refractivity contribution in [3.8, 4) is 0 Å². The van der Waals surface area contributed by atoms with E-state index in [1.807, 2.05) is 18.7 Å². The highest BCUT2D eigenvalue weighted by Crippen LogP contribution is 2.55. The van der Waals surface area contributed by atoms with Gasteiger partial charge in [0.25, 0.3) is 0 Å². The smallest absolute Gasteiger partial charge is 0.229 e. The summed E-state index contributed by atoms with van der Waals surface area (Å²) in [5, 5.41) is 4.62. The summed E-state index contributed by atoms with van der Waals surface area (Å²) in [6.45, 7) is 5.25. The minimum atomic E-state index is -0.491. The molecule has 2 saturated heterocycles. The lowest BCUT2D eigenvalue weighted by Gasteiger charge is -2.24. The number of ether oxygens (including phenoxy) is 1. The number of likely N-dealkylation sites (N-methyl/N-ethyl adjacent to an activating group) is 1. The third-order valence-electron chi connectivity index (χ3n) is 5.81. The number of benzene rings is 1. The van der Waals surface area contributed by atoms with Crippen LogP contribution in [-0.4, -0.2) is 50.9 Å². The summed E-state index contributed by atoms with van der Waals surface area (Å²) in [5.41, 5.74) is 1.91. The number of fused-ring (bicyclic) bond motifs is 1. The second kappa shape index (κ2) is 5.27. The average Bonchev–Trinajstić information content (AvgIpc) is 3.29. The van der Waals surface area contributed by atoms with Gasteiger partial charge in [-0.15, -0.1) is 0 Å². The Bertz CT molecular complexity index is 934. The van der Waals surface area contributed by atoms with Crippen molar-refractivity contribution in [2.75, 3.05) is 13.6 Å². The number of rotatable bonds is 3. The van der Waals surface area contributed by atoms with Gasteiger partial charge in [-0.25, -0.2) is 9.67 Å². The highest BCUT2D eigenvalue weighted by atomic mass is 16.5. The Morgan fingerprint density at radius 2 is 2.19 bits per heavy atom. The van der Waals surface area contributed by atoms with Crippen LogP contribution < -0.4 is 0 Å². The Morgan fingerprint density at radius 3 is 3.00 bits per heavy atom. The van der Waals surface area contributed by atoms with E-state index in [-0.39, 0.29) is 23.8 Å². The summed E-state index contributed by atoms with van der Waals surface area (Å²) in [5.74, 6) is 1.44. The largest absolute Gasteiger partial charge is 0.360 e. The monoisotopic (exact) mass is 350 g/mol. The SMILES string of the molecule is Cc1cccc(Cn2nc(C)nc2[C@H]2[C@@H]3C=C[C@@]4(CN(C)C(=O)[C@@H]24)O3)c1. The van der Waals surface area contributed by atoms with Crippen LogP contribution in [0, 0.1) is 19.8 Å². The fraction of sp³-hybridized carbons (Fsp3) is 0.450. The Kier molecular flexibility index (Phi) is 3.19. The van der Waals surface area contributed by atoms with Crippen LogP contribution in [0.25, 0.3) is 0 Å². The van der Waals surface area contributed by atoms with Gasteiger partial charge in [-0.3, -0.25) is 4.79 Å². The van der Waals surface area contributed by atoms with Crippen molar-refractivity contribution < 1.29 is 9.53 Å². The molecule has 1 spiro atoms. The van der Waals surface area contributed by atoms with Gasteiger partial charge < -0.3 is 9.64 Å². The lowest BCUT2D eigenvalue weighted by atomic mass is 9.77. The van der Waals surface area contributed by atoms with Gasteiger partial charge in [0.05, 0.1) is 31.0 Å². The number of carbonyl (C=O) groups is 1. The van der Waals surface area contributed by atoms with Gasteiger partial charge in [-0.2, -0.15) is 5.10 Å². The van der Waals surface area contributed by atoms with Gasteiger partial charge >= 0.3 is 0 Å². The first kappa shape index (κ1) is 15.8. The fourth-order valence-electron chi connectivity index (χ4n) is 4.80. The van der Waals surface area contributed by atoms with E-state index >= 15 is 0 Å². The maximum Gasteiger partial charge on any atom is 0.229 e. The molecule has 1 aromatic carbocycles. The maximum absolute atomic E-state index is 12.8. The van der Waals surface area contributed by atoms with Gasteiger partial charge in [0, 0.05) is 7.05 Å². The van der Waals surface area contributed by atoms with Crippen molar-refractivity contribution in [1.29, 1.82) is 0 Å². The predicted octanol–water partition coefficient (Wildman–Crippen LogP) is 1.82. The molecular weight excluding hydrogens is 328 g/mol. The molecule has 6 heteroatoms. The number of nitrogens with zero attached hydrogens (tertiary/aromatic N) is 4. The fourth-order valence-corrected chi connectivity index (χ4v) is 4.80. The van der Waals surface area contributed by atoms with Gasteiger partial charge in [-0.1, -0.05) is 42.0 Å². The minimum absolute atomic E-state index is 0.0801. The van der Waals surface area contributed by atoms with Crippen LogP contribution in [0.15, 0.2) is 36.4 Å². The Morgan fingerprint density at radius 1 is 1.35 bits per heavy atom. The predicted molar refractivity (Wildman–Crippen MR) is 95.7 cm³/mol. The quantitative estimate of drug-likeness (QED) is 0.793. The number of likely N-dealkylation sites (tertiary alicyclic amines) is 1. The van der Waals surface area contributed by atoms with Crippen LogP contribution in [0.1, 0.15) is 28.7 Å². The first-order valence-electron chi connectivity index (χ1n) is 9.06. The number of aryl methyl sites for hydroxylation is 2. The minimum Gasteiger partial charge on any atom is -0.360 e. The van der Waals surface area contributed by atoms with Gasteiger partial charge in [-0.05, 0) is 19.4 Å². The molecule has 3 aliphatic rings. The second-order valence-corrected chi connectivity index (χ2v) is 7.76. The molecule has 0 N–H and O–H groups in total. The number of aromatic nitrogens is 3. The molecular formula is C20H22N4O2. The molecule has 1 amide bonds. The highest BCUT2D eigenvalue weighted by Gasteiger charge is 2.65. The van der Waals surface area contributed by atoms with E-state index in [0.717, 1.165) is 11.6 Å². The lowest BCUT2D eigenvalue weighted by Crippen LogP contribution is -2.35. The molecule has 2 aromatic rings. The van der Waals surface area contributed by atoms with E-state index in [4.69, 9.17) is 9.72 Å². The summed E-state index contributed by atoms with van der Waals surface area (Å²) in [6, 6.07) is 8.40. The van der Waals surface area contributed by atoms with Crippen LogP contribution in [-0.2, 0) is 16.1 Å². The van der Waals surface area contributed by atoms with E-state index in [1.54, 1.807) is 4.90 Å². The van der Waals surface area contributed by atoms with Gasteiger partial charge in [0.2, 0.25) is 5.91 Å².